The molecule has 146 valence electrons. The number of likely N-dealkylation sites (tertiary alicyclic amines) is 2. The first kappa shape index (κ1) is 18.9. The van der Waals surface area contributed by atoms with E-state index in [4.69, 9.17) is 0 Å². The highest BCUT2D eigenvalue weighted by Gasteiger charge is 2.32. The maximum absolute atomic E-state index is 13.0. The molecule has 0 bridgehead atoms. The van der Waals surface area contributed by atoms with E-state index in [1.807, 2.05) is 12.1 Å². The lowest BCUT2D eigenvalue weighted by atomic mass is 9.83. The number of nitriles is 1. The first-order chi connectivity index (χ1) is 13.5. The molecule has 2 fully saturated rings. The van der Waals surface area contributed by atoms with Crippen LogP contribution in [0.1, 0.15) is 43.2 Å². The lowest BCUT2D eigenvalue weighted by molar-refractivity contribution is -0.134. The Morgan fingerprint density at radius 2 is 2.14 bits per heavy atom. The van der Waals surface area contributed by atoms with Gasteiger partial charge in [0, 0.05) is 43.6 Å². The molecule has 2 aromatic rings. The Morgan fingerprint density at radius 3 is 2.89 bits per heavy atom. The van der Waals surface area contributed by atoms with Gasteiger partial charge in [0.2, 0.25) is 5.91 Å². The predicted octanol–water partition coefficient (Wildman–Crippen LogP) is 3.40. The van der Waals surface area contributed by atoms with Crippen LogP contribution in [0, 0.1) is 23.2 Å². The van der Waals surface area contributed by atoms with Crippen molar-refractivity contribution in [3.05, 3.63) is 41.6 Å². The van der Waals surface area contributed by atoms with Crippen molar-refractivity contribution in [2.24, 2.45) is 11.8 Å². The summed E-state index contributed by atoms with van der Waals surface area (Å²) in [4.78, 5) is 21.8. The van der Waals surface area contributed by atoms with E-state index in [-0.39, 0.29) is 0 Å². The van der Waals surface area contributed by atoms with Crippen LogP contribution >= 0.6 is 0 Å². The van der Waals surface area contributed by atoms with Crippen molar-refractivity contribution in [1.82, 2.24) is 14.8 Å². The predicted molar refractivity (Wildman–Crippen MR) is 110 cm³/mol. The average Bonchev–Trinajstić information content (AvgIpc) is 3.11. The third-order valence-electron chi connectivity index (χ3n) is 6.33. The summed E-state index contributed by atoms with van der Waals surface area (Å²) in [5.41, 5.74) is 2.60. The summed E-state index contributed by atoms with van der Waals surface area (Å²) in [7, 11) is 2.13. The minimum atomic E-state index is 0.290. The number of carbonyl (C=O) groups is 1. The molecule has 0 saturated carbocycles. The van der Waals surface area contributed by atoms with Gasteiger partial charge in [-0.05, 0) is 56.0 Å². The van der Waals surface area contributed by atoms with Crippen molar-refractivity contribution in [3.63, 3.8) is 0 Å². The van der Waals surface area contributed by atoms with Crippen LogP contribution in [0.3, 0.4) is 0 Å². The molecule has 0 radical (unpaired) electrons. The van der Waals surface area contributed by atoms with Crippen LogP contribution in [0.2, 0.25) is 0 Å². The van der Waals surface area contributed by atoms with E-state index in [1.54, 1.807) is 6.20 Å². The summed E-state index contributed by atoms with van der Waals surface area (Å²) in [5.74, 6) is 1.55. The van der Waals surface area contributed by atoms with E-state index in [0.717, 1.165) is 49.9 Å². The van der Waals surface area contributed by atoms with E-state index in [2.05, 4.69) is 47.0 Å². The first-order valence-electron chi connectivity index (χ1n) is 10.3. The normalized spacial score (nSPS) is 25.8. The number of amides is 1. The van der Waals surface area contributed by atoms with Gasteiger partial charge in [0.25, 0.3) is 0 Å². The van der Waals surface area contributed by atoms with Crippen molar-refractivity contribution in [2.45, 2.75) is 32.1 Å². The summed E-state index contributed by atoms with van der Waals surface area (Å²) < 4.78 is 0. The topological polar surface area (TPSA) is 60.2 Å². The molecule has 5 heteroatoms. The lowest BCUT2D eigenvalue weighted by Gasteiger charge is -2.37. The van der Waals surface area contributed by atoms with Gasteiger partial charge in [-0.15, -0.1) is 0 Å². The zero-order valence-corrected chi connectivity index (χ0v) is 16.8. The van der Waals surface area contributed by atoms with Crippen molar-refractivity contribution in [3.8, 4) is 6.07 Å². The van der Waals surface area contributed by atoms with E-state index >= 15 is 0 Å². The standard InChI is InChI=1S/C23H28N4O/c1-16-10-19(15-27(13-16)22(28)11-17-7-9-26(2)14-17)20-6-5-18(12-24)23-21(20)4-3-8-25-23/h3-6,8,16-17,19H,7,9-11,13-15H2,1-2H3. The first-order valence-corrected chi connectivity index (χ1v) is 10.3. The molecular formula is C23H28N4O. The zero-order chi connectivity index (χ0) is 19.7. The maximum Gasteiger partial charge on any atom is 0.222 e. The number of hydrogen-bond acceptors (Lipinski definition) is 4. The second-order valence-corrected chi connectivity index (χ2v) is 8.67. The van der Waals surface area contributed by atoms with Gasteiger partial charge >= 0.3 is 0 Å². The van der Waals surface area contributed by atoms with Gasteiger partial charge < -0.3 is 9.80 Å². The number of benzene rings is 1. The third-order valence-corrected chi connectivity index (χ3v) is 6.33. The molecule has 2 saturated heterocycles. The van der Waals surface area contributed by atoms with Crippen molar-refractivity contribution >= 4 is 16.8 Å². The molecule has 0 aliphatic carbocycles. The third kappa shape index (κ3) is 3.74. The summed E-state index contributed by atoms with van der Waals surface area (Å²) in [5, 5.41) is 10.4. The Kier molecular flexibility index (Phi) is 5.32. The highest BCUT2D eigenvalue weighted by Crippen LogP contribution is 2.35. The number of carbonyl (C=O) groups excluding carboxylic acids is 1. The highest BCUT2D eigenvalue weighted by molar-refractivity contribution is 5.87. The molecule has 0 N–H and O–H groups in total. The van der Waals surface area contributed by atoms with Gasteiger partial charge in [-0.2, -0.15) is 5.26 Å². The molecule has 3 heterocycles. The van der Waals surface area contributed by atoms with Crippen LogP contribution in [-0.2, 0) is 4.79 Å². The van der Waals surface area contributed by atoms with Crippen LogP contribution in [0.4, 0.5) is 0 Å². The summed E-state index contributed by atoms with van der Waals surface area (Å²) in [6, 6.07) is 10.2. The smallest absolute Gasteiger partial charge is 0.222 e. The van der Waals surface area contributed by atoms with Gasteiger partial charge in [-0.3, -0.25) is 9.78 Å². The Hall–Kier alpha value is -2.45. The van der Waals surface area contributed by atoms with Gasteiger partial charge in [-0.25, -0.2) is 0 Å². The highest BCUT2D eigenvalue weighted by atomic mass is 16.2. The maximum atomic E-state index is 13.0. The Bertz CT molecular complexity index is 918. The number of nitrogens with zero attached hydrogens (tertiary/aromatic N) is 4. The molecule has 1 aromatic carbocycles. The van der Waals surface area contributed by atoms with E-state index in [0.29, 0.717) is 35.6 Å². The SMILES string of the molecule is CC1CC(c2ccc(C#N)c3ncccc23)CN(C(=O)CC2CCN(C)C2)C1. The number of aromatic nitrogens is 1. The van der Waals surface area contributed by atoms with Crippen molar-refractivity contribution in [1.29, 1.82) is 5.26 Å². The monoisotopic (exact) mass is 376 g/mol. The Balaban J connectivity index is 1.56. The quantitative estimate of drug-likeness (QED) is 0.824. The van der Waals surface area contributed by atoms with Crippen LogP contribution in [0.5, 0.6) is 0 Å². The number of pyridine rings is 1. The second kappa shape index (κ2) is 7.89. The minimum absolute atomic E-state index is 0.290. The van der Waals surface area contributed by atoms with Crippen LogP contribution in [-0.4, -0.2) is 53.9 Å². The molecule has 4 rings (SSSR count). The molecule has 3 atom stereocenters. The number of fused-ring (bicyclic) bond motifs is 1. The molecule has 1 amide bonds. The van der Waals surface area contributed by atoms with Gasteiger partial charge in [0.15, 0.2) is 0 Å². The zero-order valence-electron chi connectivity index (χ0n) is 16.8. The average molecular weight is 377 g/mol. The van der Waals surface area contributed by atoms with Crippen LogP contribution in [0.15, 0.2) is 30.5 Å². The molecule has 1 aromatic heterocycles. The van der Waals surface area contributed by atoms with E-state index in [9.17, 15) is 10.1 Å². The fourth-order valence-corrected chi connectivity index (χ4v) is 4.99. The van der Waals surface area contributed by atoms with Crippen LogP contribution in [0.25, 0.3) is 10.9 Å². The number of hydrogen-bond donors (Lipinski definition) is 0. The van der Waals surface area contributed by atoms with Gasteiger partial charge in [0.05, 0.1) is 11.1 Å². The van der Waals surface area contributed by atoms with Crippen LogP contribution < -0.4 is 0 Å². The fraction of sp³-hybridized carbons (Fsp3) is 0.522. The molecule has 2 aliphatic heterocycles. The van der Waals surface area contributed by atoms with Crippen molar-refractivity contribution in [2.75, 3.05) is 33.2 Å². The summed E-state index contributed by atoms with van der Waals surface area (Å²) in [6.07, 6.45) is 4.59. The fourth-order valence-electron chi connectivity index (χ4n) is 4.99. The Morgan fingerprint density at radius 1 is 1.29 bits per heavy atom. The number of piperidine rings is 1. The lowest BCUT2D eigenvalue weighted by Crippen LogP contribution is -2.43. The van der Waals surface area contributed by atoms with E-state index < -0.39 is 0 Å². The summed E-state index contributed by atoms with van der Waals surface area (Å²) >= 11 is 0. The molecule has 3 unspecified atom stereocenters. The molecule has 0 spiro atoms. The minimum Gasteiger partial charge on any atom is -0.342 e. The second-order valence-electron chi connectivity index (χ2n) is 8.67. The molecule has 2 aliphatic rings. The molecule has 5 nitrogen and oxygen atoms in total. The van der Waals surface area contributed by atoms with Gasteiger partial charge in [-0.1, -0.05) is 19.1 Å². The summed E-state index contributed by atoms with van der Waals surface area (Å²) in [6.45, 7) is 5.98. The van der Waals surface area contributed by atoms with Gasteiger partial charge in [0.1, 0.15) is 6.07 Å². The molecular weight excluding hydrogens is 348 g/mol. The van der Waals surface area contributed by atoms with Crippen molar-refractivity contribution < 1.29 is 4.79 Å². The number of rotatable bonds is 3. The molecule has 28 heavy (non-hydrogen) atoms. The largest absolute Gasteiger partial charge is 0.342 e. The van der Waals surface area contributed by atoms with E-state index in [1.165, 1.54) is 5.56 Å². The Labute approximate surface area is 167 Å².